The number of alkyl halides is 5. The molecule has 1 nitrogen and oxygen atoms in total. The molecule has 1 atom stereocenters. The van der Waals surface area contributed by atoms with Crippen LogP contribution in [-0.4, -0.2) is 15.9 Å². The molecule has 1 rings (SSSR count). The molecule has 0 radical (unpaired) electrons. The van der Waals surface area contributed by atoms with Crippen molar-refractivity contribution in [3.8, 4) is 11.8 Å². The summed E-state index contributed by atoms with van der Waals surface area (Å²) in [6, 6.07) is 7.69. The van der Waals surface area contributed by atoms with Gasteiger partial charge in [0, 0.05) is 0 Å². The van der Waals surface area contributed by atoms with Crippen LogP contribution in [0.15, 0.2) is 30.3 Å². The van der Waals surface area contributed by atoms with Crippen molar-refractivity contribution in [2.45, 2.75) is 16.9 Å². The van der Waals surface area contributed by atoms with Gasteiger partial charge in [0.2, 0.25) is 0 Å². The Hall–Kier alpha value is -1.06. The molecule has 0 aliphatic rings. The van der Waals surface area contributed by atoms with E-state index in [9.17, 15) is 22.7 Å². The summed E-state index contributed by atoms with van der Waals surface area (Å²) < 4.78 is 50.1. The Morgan fingerprint density at radius 2 is 1.65 bits per heavy atom. The highest BCUT2D eigenvalue weighted by atomic mass is 79.9. The maximum atomic E-state index is 12.7. The lowest BCUT2D eigenvalue weighted by Gasteiger charge is -2.15. The Labute approximate surface area is 104 Å². The lowest BCUT2D eigenvalue weighted by Crippen LogP contribution is -2.33. The first-order chi connectivity index (χ1) is 7.74. The summed E-state index contributed by atoms with van der Waals surface area (Å²) in [6.45, 7) is 0. The number of hydrogen-bond donors (Lipinski definition) is 1. The van der Waals surface area contributed by atoms with E-state index in [4.69, 9.17) is 0 Å². The quantitative estimate of drug-likeness (QED) is 0.504. The lowest BCUT2D eigenvalue weighted by molar-refractivity contribution is -0.104. The van der Waals surface area contributed by atoms with Crippen LogP contribution in [0.3, 0.4) is 0 Å². The molecule has 1 unspecified atom stereocenters. The summed E-state index contributed by atoms with van der Waals surface area (Å²) in [4.78, 5) is -4.43. The fourth-order valence-electron chi connectivity index (χ4n) is 0.949. The van der Waals surface area contributed by atoms with Gasteiger partial charge in [-0.1, -0.05) is 36.3 Å². The predicted octanol–water partition coefficient (Wildman–Crippen LogP) is 3.35. The molecule has 0 aromatic heterocycles. The van der Waals surface area contributed by atoms with Crippen molar-refractivity contribution in [3.05, 3.63) is 35.9 Å². The molecule has 0 heterocycles. The van der Waals surface area contributed by atoms with Crippen LogP contribution in [0.2, 0.25) is 0 Å². The standard InChI is InChI=1S/C11H7BrF4O/c12-11(15,16)10(13,14)7-6-9(17)8-4-2-1-3-5-8/h1-5,9,17H. The van der Waals surface area contributed by atoms with Gasteiger partial charge < -0.3 is 5.11 Å². The monoisotopic (exact) mass is 310 g/mol. The summed E-state index contributed by atoms with van der Waals surface area (Å²) in [7, 11) is 0. The second kappa shape index (κ2) is 5.07. The van der Waals surface area contributed by atoms with Crippen molar-refractivity contribution in [2.24, 2.45) is 0 Å². The van der Waals surface area contributed by atoms with Gasteiger partial charge in [0.05, 0.1) is 0 Å². The van der Waals surface area contributed by atoms with Gasteiger partial charge in [-0.2, -0.15) is 17.6 Å². The lowest BCUT2D eigenvalue weighted by atomic mass is 10.1. The van der Waals surface area contributed by atoms with Crippen LogP contribution >= 0.6 is 15.9 Å². The minimum Gasteiger partial charge on any atom is -0.376 e. The van der Waals surface area contributed by atoms with Crippen LogP contribution in [-0.2, 0) is 0 Å². The molecule has 0 aliphatic carbocycles. The van der Waals surface area contributed by atoms with E-state index in [2.05, 4.69) is 0 Å². The molecule has 0 bridgehead atoms. The van der Waals surface area contributed by atoms with Gasteiger partial charge in [-0.25, -0.2) is 0 Å². The number of rotatable bonds is 2. The van der Waals surface area contributed by atoms with Crippen molar-refractivity contribution in [3.63, 3.8) is 0 Å². The molecular formula is C11H7BrF4O. The number of benzene rings is 1. The summed E-state index contributed by atoms with van der Waals surface area (Å²) in [5.74, 6) is -1.78. The van der Waals surface area contributed by atoms with Gasteiger partial charge in [0.15, 0.2) is 0 Å². The summed E-state index contributed by atoms with van der Waals surface area (Å²) in [5.41, 5.74) is 0.258. The SMILES string of the molecule is OC(C#CC(F)(F)C(F)(F)Br)c1ccccc1. The van der Waals surface area contributed by atoms with Crippen molar-refractivity contribution in [1.82, 2.24) is 0 Å². The van der Waals surface area contributed by atoms with Crippen molar-refractivity contribution in [1.29, 1.82) is 0 Å². The van der Waals surface area contributed by atoms with Crippen LogP contribution in [0, 0.1) is 11.8 Å². The molecule has 0 saturated carbocycles. The zero-order valence-corrected chi connectivity index (χ0v) is 9.89. The predicted molar refractivity (Wildman–Crippen MR) is 58.0 cm³/mol. The molecule has 0 saturated heterocycles. The van der Waals surface area contributed by atoms with E-state index >= 15 is 0 Å². The van der Waals surface area contributed by atoms with E-state index in [0.29, 0.717) is 0 Å². The van der Waals surface area contributed by atoms with Gasteiger partial charge in [0.25, 0.3) is 0 Å². The van der Waals surface area contributed by atoms with E-state index < -0.39 is 16.9 Å². The third kappa shape index (κ3) is 3.72. The largest absolute Gasteiger partial charge is 0.380 e. The van der Waals surface area contributed by atoms with E-state index in [1.54, 1.807) is 24.1 Å². The number of aliphatic hydroxyl groups is 1. The minimum absolute atomic E-state index is 0.258. The van der Waals surface area contributed by atoms with Gasteiger partial charge in [-0.05, 0) is 27.4 Å². The highest BCUT2D eigenvalue weighted by Gasteiger charge is 2.53. The smallest absolute Gasteiger partial charge is 0.376 e. The highest BCUT2D eigenvalue weighted by Crippen LogP contribution is 2.38. The van der Waals surface area contributed by atoms with Crippen molar-refractivity contribution >= 4 is 15.9 Å². The van der Waals surface area contributed by atoms with Gasteiger partial charge in [-0.15, -0.1) is 0 Å². The minimum atomic E-state index is -4.54. The van der Waals surface area contributed by atoms with E-state index in [0.717, 1.165) is 5.92 Å². The molecule has 0 amide bonds. The average molecular weight is 311 g/mol. The van der Waals surface area contributed by atoms with Crippen LogP contribution in [0.25, 0.3) is 0 Å². The highest BCUT2D eigenvalue weighted by molar-refractivity contribution is 9.10. The van der Waals surface area contributed by atoms with Crippen LogP contribution < -0.4 is 0 Å². The Morgan fingerprint density at radius 3 is 2.12 bits per heavy atom. The molecule has 1 N–H and O–H groups in total. The summed E-state index contributed by atoms with van der Waals surface area (Å²) in [6.07, 6.45) is -1.53. The van der Waals surface area contributed by atoms with Crippen molar-refractivity contribution in [2.75, 3.05) is 0 Å². The third-order valence-electron chi connectivity index (χ3n) is 1.84. The first-order valence-corrected chi connectivity index (χ1v) is 5.23. The topological polar surface area (TPSA) is 20.2 Å². The van der Waals surface area contributed by atoms with Crippen LogP contribution in [0.4, 0.5) is 17.6 Å². The normalized spacial score (nSPS) is 13.8. The number of aliphatic hydroxyl groups excluding tert-OH is 1. The number of halogens is 5. The van der Waals surface area contributed by atoms with Gasteiger partial charge in [0.1, 0.15) is 6.10 Å². The fourth-order valence-corrected chi connectivity index (χ4v) is 1.05. The Bertz CT molecular complexity index is 430. The van der Waals surface area contributed by atoms with E-state index in [1.807, 2.05) is 0 Å². The third-order valence-corrected chi connectivity index (χ3v) is 2.34. The van der Waals surface area contributed by atoms with Crippen LogP contribution in [0.5, 0.6) is 0 Å². The Morgan fingerprint density at radius 1 is 1.12 bits per heavy atom. The molecule has 0 aliphatic heterocycles. The fraction of sp³-hybridized carbons (Fsp3) is 0.273. The Kier molecular flexibility index (Phi) is 4.17. The second-order valence-electron chi connectivity index (χ2n) is 3.15. The van der Waals surface area contributed by atoms with Gasteiger partial charge >= 0.3 is 10.8 Å². The van der Waals surface area contributed by atoms with E-state index in [-0.39, 0.29) is 5.56 Å². The molecule has 1 aromatic rings. The number of hydrogen-bond acceptors (Lipinski definition) is 1. The zero-order chi connectivity index (χ0) is 13.1. The first-order valence-electron chi connectivity index (χ1n) is 4.44. The summed E-state index contributed by atoms with van der Waals surface area (Å²) in [5, 5.41) is 9.38. The molecule has 0 fully saturated rings. The molecule has 17 heavy (non-hydrogen) atoms. The molecular weight excluding hydrogens is 304 g/mol. The maximum Gasteiger partial charge on any atom is 0.380 e. The molecule has 0 spiro atoms. The first kappa shape index (κ1) is 14.0. The molecule has 6 heteroatoms. The average Bonchev–Trinajstić information content (AvgIpc) is 2.25. The zero-order valence-electron chi connectivity index (χ0n) is 8.30. The van der Waals surface area contributed by atoms with E-state index in [1.165, 1.54) is 28.1 Å². The maximum absolute atomic E-state index is 12.7. The van der Waals surface area contributed by atoms with Crippen LogP contribution in [0.1, 0.15) is 11.7 Å². The van der Waals surface area contributed by atoms with Crippen molar-refractivity contribution < 1.29 is 22.7 Å². The summed E-state index contributed by atoms with van der Waals surface area (Å²) >= 11 is 1.54. The Balaban J connectivity index is 2.87. The van der Waals surface area contributed by atoms with Gasteiger partial charge in [-0.3, -0.25) is 0 Å². The second-order valence-corrected chi connectivity index (χ2v) is 4.15. The molecule has 92 valence electrons. The molecule has 1 aromatic carbocycles.